The Kier molecular flexibility index (Phi) is 7.82. The molecule has 3 aromatic carbocycles. The molecule has 1 unspecified atom stereocenters. The summed E-state index contributed by atoms with van der Waals surface area (Å²) in [6.45, 7) is 2.69. The Bertz CT molecular complexity index is 1480. The minimum absolute atomic E-state index is 0.356. The summed E-state index contributed by atoms with van der Waals surface area (Å²) in [7, 11) is -1.34. The number of nitrogens with one attached hydrogen (secondary N) is 1. The third kappa shape index (κ3) is 5.84. The first-order chi connectivity index (χ1) is 18.1. The van der Waals surface area contributed by atoms with Gasteiger partial charge in [0, 0.05) is 17.0 Å². The van der Waals surface area contributed by atoms with E-state index in [4.69, 9.17) is 11.6 Å². The Morgan fingerprint density at radius 3 is 2.32 bits per heavy atom. The van der Waals surface area contributed by atoms with Crippen LogP contribution < -0.4 is 0 Å². The minimum Gasteiger partial charge on any atom is -0.299 e. The highest BCUT2D eigenvalue weighted by atomic mass is 35.5. The molecular formula is C27H26ClN7OS. The smallest absolute Gasteiger partial charge is 0.222 e. The van der Waals surface area contributed by atoms with E-state index >= 15 is 0 Å². The zero-order valence-electron chi connectivity index (χ0n) is 20.3. The Hall–Kier alpha value is -3.69. The fraction of sp³-hybridized carbons (Fsp3) is 0.222. The number of benzene rings is 3. The molecule has 0 amide bonds. The van der Waals surface area contributed by atoms with Crippen molar-refractivity contribution in [3.63, 3.8) is 0 Å². The van der Waals surface area contributed by atoms with Crippen LogP contribution in [0.2, 0.25) is 5.02 Å². The number of hydrogen-bond acceptors (Lipinski definition) is 6. The van der Waals surface area contributed by atoms with Crippen molar-refractivity contribution in [3.05, 3.63) is 94.8 Å². The lowest BCUT2D eigenvalue weighted by Gasteiger charge is -2.12. The van der Waals surface area contributed by atoms with Gasteiger partial charge in [-0.15, -0.1) is 20.4 Å². The molecule has 8 nitrogen and oxygen atoms in total. The molecule has 188 valence electrons. The average molecular weight is 532 g/mol. The van der Waals surface area contributed by atoms with Crippen LogP contribution in [0.25, 0.3) is 22.5 Å². The summed E-state index contributed by atoms with van der Waals surface area (Å²) >= 11 is 6.00. The SMILES string of the molecule is CCCCc1nnc(S(=O)Cc2ccc(Cl)cc2)n1Cc1ccc(-c2ccccc2-c2nn[nH]n2)cc1. The summed E-state index contributed by atoms with van der Waals surface area (Å²) in [6, 6.07) is 23.7. The first kappa shape index (κ1) is 25.0. The van der Waals surface area contributed by atoms with Crippen LogP contribution >= 0.6 is 11.6 Å². The lowest BCUT2D eigenvalue weighted by Crippen LogP contribution is -2.11. The number of halogens is 1. The highest BCUT2D eigenvalue weighted by Crippen LogP contribution is 2.30. The fourth-order valence-corrected chi connectivity index (χ4v) is 5.44. The summed E-state index contributed by atoms with van der Waals surface area (Å²) in [5, 5.41) is 24.4. The molecule has 1 N–H and O–H groups in total. The fourth-order valence-electron chi connectivity index (χ4n) is 4.14. The number of unbranched alkanes of at least 4 members (excludes halogenated alkanes) is 1. The molecule has 0 spiro atoms. The maximum Gasteiger partial charge on any atom is 0.222 e. The summed E-state index contributed by atoms with van der Waals surface area (Å²) < 4.78 is 15.3. The van der Waals surface area contributed by atoms with Gasteiger partial charge in [0.05, 0.1) is 23.1 Å². The molecule has 0 aliphatic heterocycles. The van der Waals surface area contributed by atoms with Crippen molar-refractivity contribution in [2.24, 2.45) is 0 Å². The maximum absolute atomic E-state index is 13.3. The third-order valence-corrected chi connectivity index (χ3v) is 7.64. The quantitative estimate of drug-likeness (QED) is 0.256. The Balaban J connectivity index is 1.41. The Morgan fingerprint density at radius 1 is 0.892 bits per heavy atom. The van der Waals surface area contributed by atoms with Crippen molar-refractivity contribution in [2.75, 3.05) is 0 Å². The lowest BCUT2D eigenvalue weighted by atomic mass is 9.98. The number of aryl methyl sites for hydroxylation is 1. The predicted octanol–water partition coefficient (Wildman–Crippen LogP) is 5.48. The van der Waals surface area contributed by atoms with Crippen LogP contribution in [0.1, 0.15) is 36.7 Å². The van der Waals surface area contributed by atoms with Crippen LogP contribution in [0.4, 0.5) is 0 Å². The van der Waals surface area contributed by atoms with Gasteiger partial charge in [0.2, 0.25) is 11.0 Å². The number of tetrazole rings is 1. The lowest BCUT2D eigenvalue weighted by molar-refractivity contribution is 0.622. The first-order valence-corrected chi connectivity index (χ1v) is 13.8. The number of rotatable bonds is 10. The molecule has 37 heavy (non-hydrogen) atoms. The zero-order valence-corrected chi connectivity index (χ0v) is 21.9. The second-order valence-corrected chi connectivity index (χ2v) is 10.5. The maximum atomic E-state index is 13.3. The van der Waals surface area contributed by atoms with Gasteiger partial charge in [0.1, 0.15) is 5.82 Å². The molecule has 5 aromatic rings. The second kappa shape index (κ2) is 11.6. The molecule has 0 aliphatic carbocycles. The van der Waals surface area contributed by atoms with Crippen molar-refractivity contribution in [3.8, 4) is 22.5 Å². The van der Waals surface area contributed by atoms with E-state index in [0.29, 0.717) is 28.3 Å². The van der Waals surface area contributed by atoms with Crippen LogP contribution in [0.3, 0.4) is 0 Å². The van der Waals surface area contributed by atoms with Crippen molar-refractivity contribution < 1.29 is 4.21 Å². The number of hydrogen-bond donors (Lipinski definition) is 1. The van der Waals surface area contributed by atoms with Gasteiger partial charge in [-0.3, -0.25) is 8.78 Å². The third-order valence-electron chi connectivity index (χ3n) is 6.08. The highest BCUT2D eigenvalue weighted by Gasteiger charge is 2.19. The summed E-state index contributed by atoms with van der Waals surface area (Å²) in [5.74, 6) is 1.76. The summed E-state index contributed by atoms with van der Waals surface area (Å²) in [4.78, 5) is 0. The number of aromatic nitrogens is 7. The first-order valence-electron chi connectivity index (χ1n) is 12.1. The molecule has 0 fully saturated rings. The van der Waals surface area contributed by atoms with Crippen LogP contribution in [-0.2, 0) is 29.5 Å². The minimum atomic E-state index is -1.34. The molecule has 1 atom stereocenters. The van der Waals surface area contributed by atoms with Crippen molar-refractivity contribution in [1.29, 1.82) is 0 Å². The van der Waals surface area contributed by atoms with Gasteiger partial charge >= 0.3 is 0 Å². The van der Waals surface area contributed by atoms with E-state index in [1.807, 2.05) is 53.1 Å². The Labute approximate surface area is 222 Å². The molecule has 5 rings (SSSR count). The molecule has 0 radical (unpaired) electrons. The molecule has 2 aromatic heterocycles. The normalized spacial score (nSPS) is 12.1. The molecule has 0 saturated heterocycles. The largest absolute Gasteiger partial charge is 0.299 e. The van der Waals surface area contributed by atoms with Gasteiger partial charge in [-0.2, -0.15) is 5.21 Å². The van der Waals surface area contributed by atoms with E-state index in [1.54, 1.807) is 0 Å². The van der Waals surface area contributed by atoms with Gasteiger partial charge in [-0.25, -0.2) is 0 Å². The Morgan fingerprint density at radius 2 is 1.62 bits per heavy atom. The van der Waals surface area contributed by atoms with Crippen LogP contribution in [0, 0.1) is 0 Å². The van der Waals surface area contributed by atoms with E-state index < -0.39 is 10.8 Å². The second-order valence-electron chi connectivity index (χ2n) is 8.68. The molecule has 0 bridgehead atoms. The average Bonchev–Trinajstić information content (AvgIpc) is 3.60. The predicted molar refractivity (Wildman–Crippen MR) is 144 cm³/mol. The number of aromatic amines is 1. The van der Waals surface area contributed by atoms with Gasteiger partial charge in [-0.1, -0.05) is 85.6 Å². The number of H-pyrrole nitrogens is 1. The number of nitrogens with zero attached hydrogens (tertiary/aromatic N) is 6. The summed E-state index contributed by atoms with van der Waals surface area (Å²) in [6.07, 6.45) is 2.83. The van der Waals surface area contributed by atoms with Crippen LogP contribution in [0.5, 0.6) is 0 Å². The topological polar surface area (TPSA) is 102 Å². The summed E-state index contributed by atoms with van der Waals surface area (Å²) in [5.41, 5.74) is 4.99. The molecule has 0 aliphatic rings. The highest BCUT2D eigenvalue weighted by molar-refractivity contribution is 7.84. The van der Waals surface area contributed by atoms with Gasteiger partial charge in [0.25, 0.3) is 0 Å². The van der Waals surface area contributed by atoms with E-state index in [9.17, 15) is 4.21 Å². The van der Waals surface area contributed by atoms with E-state index in [2.05, 4.69) is 62.0 Å². The van der Waals surface area contributed by atoms with Gasteiger partial charge in [-0.05, 0) is 46.0 Å². The monoisotopic (exact) mass is 531 g/mol. The molecule has 10 heteroatoms. The molecule has 2 heterocycles. The van der Waals surface area contributed by atoms with Crippen LogP contribution in [0.15, 0.2) is 78.0 Å². The van der Waals surface area contributed by atoms with Gasteiger partial charge in [0.15, 0.2) is 0 Å². The van der Waals surface area contributed by atoms with Crippen molar-refractivity contribution in [2.45, 2.75) is 43.6 Å². The zero-order chi connectivity index (χ0) is 25.6. The molecular weight excluding hydrogens is 506 g/mol. The van der Waals surface area contributed by atoms with E-state index in [-0.39, 0.29) is 0 Å². The van der Waals surface area contributed by atoms with Crippen LogP contribution in [-0.4, -0.2) is 39.6 Å². The van der Waals surface area contributed by atoms with Crippen molar-refractivity contribution >= 4 is 22.4 Å². The van der Waals surface area contributed by atoms with E-state index in [1.165, 1.54) is 0 Å². The van der Waals surface area contributed by atoms with Crippen molar-refractivity contribution in [1.82, 2.24) is 35.4 Å². The molecule has 0 saturated carbocycles. The van der Waals surface area contributed by atoms with Gasteiger partial charge < -0.3 is 0 Å². The standard InChI is InChI=1S/C27H26ClN7OS/c1-2-3-8-25-29-32-27(37(36)18-20-11-15-22(28)16-12-20)35(25)17-19-9-13-21(14-10-19)23-6-4-5-7-24(23)26-30-33-34-31-26/h4-7,9-16H,2-3,8,17-18H2,1H3,(H,30,31,33,34). The van der Waals surface area contributed by atoms with E-state index in [0.717, 1.165) is 52.9 Å².